The minimum Gasteiger partial charge on any atom is -0.464 e. The molecule has 0 aliphatic carbocycles. The Kier molecular flexibility index (Phi) is 3.41. The van der Waals surface area contributed by atoms with E-state index in [0.717, 1.165) is 0 Å². The minimum atomic E-state index is -1.64. The Balaban J connectivity index is 2.55. The van der Waals surface area contributed by atoms with Gasteiger partial charge in [-0.2, -0.15) is 0 Å². The van der Waals surface area contributed by atoms with Crippen LogP contribution in [0.25, 0.3) is 0 Å². The topological polar surface area (TPSA) is 40.5 Å². The van der Waals surface area contributed by atoms with Gasteiger partial charge >= 0.3 is 6.09 Å². The van der Waals surface area contributed by atoms with Crippen LogP contribution in [0.1, 0.15) is 0 Å². The molecule has 0 bridgehead atoms. The first-order valence-electron chi connectivity index (χ1n) is 5.23. The van der Waals surface area contributed by atoms with Gasteiger partial charge < -0.3 is 5.11 Å². The molecule has 0 spiro atoms. The lowest BCUT2D eigenvalue weighted by Crippen LogP contribution is -2.24. The van der Waals surface area contributed by atoms with Gasteiger partial charge in [0.2, 0.25) is 0 Å². The van der Waals surface area contributed by atoms with Crippen LogP contribution >= 0.6 is 0 Å². The molecule has 0 aromatic heterocycles. The van der Waals surface area contributed by atoms with Crippen molar-refractivity contribution in [3.8, 4) is 0 Å². The molecule has 0 saturated carbocycles. The normalized spacial score (nSPS) is 10.3. The number of nitrogens with zero attached hydrogens (tertiary/aromatic N) is 1. The second-order valence-corrected chi connectivity index (χ2v) is 3.68. The molecule has 0 heterocycles. The molecule has 1 amide bonds. The zero-order chi connectivity index (χ0) is 14.0. The number of carboxylic acid groups (broad SMARTS) is 1. The van der Waals surface area contributed by atoms with E-state index >= 15 is 0 Å². The van der Waals surface area contributed by atoms with Gasteiger partial charge in [0, 0.05) is 12.1 Å². The lowest BCUT2D eigenvalue weighted by molar-refractivity contribution is 0.204. The molecule has 1 N–H and O–H groups in total. The highest BCUT2D eigenvalue weighted by molar-refractivity contribution is 5.94. The smallest absolute Gasteiger partial charge is 0.416 e. The Hall–Kier alpha value is -2.50. The number of rotatable bonds is 2. The molecule has 0 aliphatic heterocycles. The quantitative estimate of drug-likeness (QED) is 0.838. The number of para-hydroxylation sites is 1. The molecule has 0 aliphatic rings. The summed E-state index contributed by atoms with van der Waals surface area (Å²) in [5, 5.41) is 9.12. The van der Waals surface area contributed by atoms with Crippen LogP contribution in [-0.4, -0.2) is 11.2 Å². The fourth-order valence-electron chi connectivity index (χ4n) is 1.62. The van der Waals surface area contributed by atoms with Crippen LogP contribution in [0.5, 0.6) is 0 Å². The third-order valence-electron chi connectivity index (χ3n) is 2.43. The average molecular weight is 267 g/mol. The fourth-order valence-corrected chi connectivity index (χ4v) is 1.62. The van der Waals surface area contributed by atoms with Crippen molar-refractivity contribution in [1.82, 2.24) is 0 Å². The Labute approximate surface area is 106 Å². The van der Waals surface area contributed by atoms with Gasteiger partial charge in [-0.15, -0.1) is 0 Å². The number of anilines is 2. The average Bonchev–Trinajstić information content (AvgIpc) is 2.37. The maximum Gasteiger partial charge on any atom is 0.416 e. The van der Waals surface area contributed by atoms with Gasteiger partial charge in [-0.25, -0.2) is 22.9 Å². The second kappa shape index (κ2) is 5.01. The van der Waals surface area contributed by atoms with Crippen LogP contribution in [0.2, 0.25) is 0 Å². The monoisotopic (exact) mass is 267 g/mol. The van der Waals surface area contributed by atoms with Crippen molar-refractivity contribution >= 4 is 17.5 Å². The molecule has 0 radical (unpaired) electrons. The zero-order valence-corrected chi connectivity index (χ0v) is 9.48. The van der Waals surface area contributed by atoms with Crippen molar-refractivity contribution in [2.24, 2.45) is 0 Å². The number of hydrogen-bond acceptors (Lipinski definition) is 1. The summed E-state index contributed by atoms with van der Waals surface area (Å²) in [4.78, 5) is 11.9. The van der Waals surface area contributed by atoms with E-state index in [9.17, 15) is 18.0 Å². The molecule has 2 aromatic carbocycles. The van der Waals surface area contributed by atoms with Gasteiger partial charge in [0.05, 0.1) is 11.4 Å². The summed E-state index contributed by atoms with van der Waals surface area (Å²) in [6.45, 7) is 0. The third-order valence-corrected chi connectivity index (χ3v) is 2.43. The lowest BCUT2D eigenvalue weighted by atomic mass is 10.2. The lowest BCUT2D eigenvalue weighted by Gasteiger charge is -2.19. The molecular weight excluding hydrogens is 259 g/mol. The summed E-state index contributed by atoms with van der Waals surface area (Å²) >= 11 is 0. The highest BCUT2D eigenvalue weighted by atomic mass is 19.2. The third kappa shape index (κ3) is 2.52. The minimum absolute atomic E-state index is 0.195. The van der Waals surface area contributed by atoms with E-state index in [0.29, 0.717) is 17.0 Å². The van der Waals surface area contributed by atoms with E-state index in [2.05, 4.69) is 0 Å². The van der Waals surface area contributed by atoms with E-state index in [1.54, 1.807) is 18.2 Å². The molecule has 2 aromatic rings. The van der Waals surface area contributed by atoms with Crippen LogP contribution in [0.4, 0.5) is 29.3 Å². The number of halogens is 3. The molecule has 0 unspecified atom stereocenters. The highest BCUT2D eigenvalue weighted by Crippen LogP contribution is 2.28. The van der Waals surface area contributed by atoms with Gasteiger partial charge in [-0.1, -0.05) is 18.2 Å². The summed E-state index contributed by atoms with van der Waals surface area (Å²) in [6, 6.07) is 8.96. The molecular formula is C13H8F3NO2. The van der Waals surface area contributed by atoms with Crippen LogP contribution in [0, 0.1) is 17.5 Å². The maximum atomic E-state index is 13.1. The molecule has 0 fully saturated rings. The molecule has 0 saturated heterocycles. The molecule has 19 heavy (non-hydrogen) atoms. The van der Waals surface area contributed by atoms with Crippen molar-refractivity contribution in [2.75, 3.05) is 4.90 Å². The Bertz CT molecular complexity index is 594. The largest absolute Gasteiger partial charge is 0.464 e. The zero-order valence-electron chi connectivity index (χ0n) is 9.48. The van der Waals surface area contributed by atoms with E-state index < -0.39 is 23.5 Å². The van der Waals surface area contributed by atoms with Crippen molar-refractivity contribution in [3.63, 3.8) is 0 Å². The number of hydrogen-bond donors (Lipinski definition) is 1. The van der Waals surface area contributed by atoms with Gasteiger partial charge in [-0.05, 0) is 12.1 Å². The predicted octanol–water partition coefficient (Wildman–Crippen LogP) is 3.92. The van der Waals surface area contributed by atoms with Crippen molar-refractivity contribution < 1.29 is 23.1 Å². The summed E-state index contributed by atoms with van der Waals surface area (Å²) in [5.41, 5.74) is -0.115. The Morgan fingerprint density at radius 1 is 0.947 bits per heavy atom. The van der Waals surface area contributed by atoms with Crippen molar-refractivity contribution in [2.45, 2.75) is 0 Å². The number of amides is 1. The van der Waals surface area contributed by atoms with Gasteiger partial charge in [0.15, 0.2) is 17.5 Å². The predicted molar refractivity (Wildman–Crippen MR) is 62.9 cm³/mol. The molecule has 6 heteroatoms. The first-order valence-corrected chi connectivity index (χ1v) is 5.23. The standard InChI is InChI=1S/C13H8F3NO2/c14-10-6-9(7-11(15)12(10)16)17(13(18)19)8-4-2-1-3-5-8/h1-7H,(H,18,19). The van der Waals surface area contributed by atoms with E-state index in [1.807, 2.05) is 0 Å². The van der Waals surface area contributed by atoms with Gasteiger partial charge in [-0.3, -0.25) is 0 Å². The second-order valence-electron chi connectivity index (χ2n) is 3.68. The van der Waals surface area contributed by atoms with E-state index in [-0.39, 0.29) is 11.4 Å². The fraction of sp³-hybridized carbons (Fsp3) is 0. The summed E-state index contributed by atoms with van der Waals surface area (Å²) < 4.78 is 39.2. The molecule has 3 nitrogen and oxygen atoms in total. The highest BCUT2D eigenvalue weighted by Gasteiger charge is 2.20. The van der Waals surface area contributed by atoms with Crippen LogP contribution in [-0.2, 0) is 0 Å². The van der Waals surface area contributed by atoms with Gasteiger partial charge in [0.25, 0.3) is 0 Å². The molecule has 2 rings (SSSR count). The van der Waals surface area contributed by atoms with Crippen molar-refractivity contribution in [3.05, 3.63) is 59.9 Å². The number of carbonyl (C=O) groups is 1. The number of benzene rings is 2. The van der Waals surface area contributed by atoms with Crippen LogP contribution in [0.3, 0.4) is 0 Å². The molecule has 98 valence electrons. The summed E-state index contributed by atoms with van der Waals surface area (Å²) in [6.07, 6.45) is -1.43. The van der Waals surface area contributed by atoms with E-state index in [1.165, 1.54) is 12.1 Å². The van der Waals surface area contributed by atoms with Crippen molar-refractivity contribution in [1.29, 1.82) is 0 Å². The Morgan fingerprint density at radius 2 is 1.47 bits per heavy atom. The van der Waals surface area contributed by atoms with Crippen LogP contribution in [0.15, 0.2) is 42.5 Å². The first kappa shape index (κ1) is 12.9. The summed E-state index contributed by atoms with van der Waals surface area (Å²) in [5.74, 6) is -4.53. The summed E-state index contributed by atoms with van der Waals surface area (Å²) in [7, 11) is 0. The Morgan fingerprint density at radius 3 is 1.95 bits per heavy atom. The van der Waals surface area contributed by atoms with Crippen LogP contribution < -0.4 is 4.90 Å². The molecule has 0 atom stereocenters. The SMILES string of the molecule is O=C(O)N(c1ccccc1)c1cc(F)c(F)c(F)c1. The maximum absolute atomic E-state index is 13.1. The van der Waals surface area contributed by atoms with Gasteiger partial charge in [0.1, 0.15) is 0 Å². The first-order chi connectivity index (χ1) is 9.00. The van der Waals surface area contributed by atoms with E-state index in [4.69, 9.17) is 5.11 Å².